The van der Waals surface area contributed by atoms with Crippen molar-refractivity contribution in [1.82, 2.24) is 5.32 Å². The standard InChI is InChI=1S/C26H44N4O19/c1-9(34)29-14-10(35)5-26(25(42)43,48-21(14)15(37)11(36)6-31)49-22-16(38)12(7-32)45-24(19(22)41)47-20-13(8-33)46-23(18(40)17(20)39)44-4-2-3-28-30-27/h10-24,31-33,35-41H,2-8H2,1H3,(H,29,34)(H,42,43)/p-1/t10?,11-,12?,13?,14?,15-,16?,17?,18?,19?,20?,21?,22?,23?,24?,26?/m1/s1. The van der Waals surface area contributed by atoms with Crippen LogP contribution in [0.2, 0.25) is 0 Å². The van der Waals surface area contributed by atoms with E-state index in [2.05, 4.69) is 15.3 Å². The third kappa shape index (κ3) is 9.49. The molecule has 14 unspecified atom stereocenters. The van der Waals surface area contributed by atoms with Crippen LogP contribution in [0.15, 0.2) is 5.11 Å². The number of ether oxygens (including phenoxy) is 6. The summed E-state index contributed by atoms with van der Waals surface area (Å²) in [5.41, 5.74) is 8.36. The average molecular weight is 716 g/mol. The SMILES string of the molecule is CC(=O)NC1C(O)CC(OC2C(O)C(CO)OC(OC3C(CO)OC(OCCCN=[N+]=[N-])C(O)C3O)C2O)(C(=O)[O-])OC1[C@H](O)[C@H](O)CO. The average Bonchev–Trinajstić information content (AvgIpc) is 3.06. The van der Waals surface area contributed by atoms with E-state index in [1.54, 1.807) is 0 Å². The Kier molecular flexibility index (Phi) is 15.2. The smallest absolute Gasteiger partial charge is 0.217 e. The van der Waals surface area contributed by atoms with E-state index in [9.17, 15) is 65.8 Å². The van der Waals surface area contributed by atoms with Crippen molar-refractivity contribution in [3.63, 3.8) is 0 Å². The summed E-state index contributed by atoms with van der Waals surface area (Å²) in [6.07, 6.45) is -27.4. The molecular weight excluding hydrogens is 672 g/mol. The van der Waals surface area contributed by atoms with E-state index in [1.807, 2.05) is 0 Å². The van der Waals surface area contributed by atoms with E-state index in [0.717, 1.165) is 6.92 Å². The molecule has 1 amide bonds. The number of rotatable bonds is 16. The molecule has 0 aromatic heterocycles. The van der Waals surface area contributed by atoms with Crippen molar-refractivity contribution in [2.45, 2.75) is 117 Å². The van der Waals surface area contributed by atoms with Gasteiger partial charge in [0.05, 0.1) is 32.0 Å². The third-order valence-electron chi connectivity index (χ3n) is 8.18. The fraction of sp³-hybridized carbons (Fsp3) is 0.923. The summed E-state index contributed by atoms with van der Waals surface area (Å²) >= 11 is 0. The Morgan fingerprint density at radius 1 is 1.00 bits per heavy atom. The van der Waals surface area contributed by atoms with Crippen LogP contribution in [0.3, 0.4) is 0 Å². The maximum Gasteiger partial charge on any atom is 0.217 e. The number of carboxylic acids is 1. The van der Waals surface area contributed by atoms with Crippen molar-refractivity contribution in [3.8, 4) is 0 Å². The van der Waals surface area contributed by atoms with Crippen molar-refractivity contribution in [1.29, 1.82) is 0 Å². The maximum absolute atomic E-state index is 12.5. The lowest BCUT2D eigenvalue weighted by Gasteiger charge is -2.52. The van der Waals surface area contributed by atoms with Crippen molar-refractivity contribution in [2.75, 3.05) is 33.0 Å². The highest BCUT2D eigenvalue weighted by Crippen LogP contribution is 2.38. The van der Waals surface area contributed by atoms with Gasteiger partial charge in [-0.3, -0.25) is 4.79 Å². The molecule has 3 rings (SSSR count). The van der Waals surface area contributed by atoms with Crippen LogP contribution in [0.5, 0.6) is 0 Å². The fourth-order valence-electron chi connectivity index (χ4n) is 5.66. The molecule has 49 heavy (non-hydrogen) atoms. The molecule has 3 saturated heterocycles. The minimum Gasteiger partial charge on any atom is -0.544 e. The van der Waals surface area contributed by atoms with Crippen LogP contribution < -0.4 is 10.4 Å². The molecular formula is C26H43N4O19-. The molecule has 0 aliphatic carbocycles. The summed E-state index contributed by atoms with van der Waals surface area (Å²) in [4.78, 5) is 26.9. The first-order valence-electron chi connectivity index (χ1n) is 15.2. The van der Waals surface area contributed by atoms with Crippen LogP contribution >= 0.6 is 0 Å². The van der Waals surface area contributed by atoms with Crippen molar-refractivity contribution in [3.05, 3.63) is 10.4 Å². The number of hydrogen-bond acceptors (Lipinski definition) is 20. The van der Waals surface area contributed by atoms with Gasteiger partial charge < -0.3 is 94.7 Å². The van der Waals surface area contributed by atoms with E-state index >= 15 is 0 Å². The number of carbonyl (C=O) groups excluding carboxylic acids is 2. The second-order valence-electron chi connectivity index (χ2n) is 11.6. The molecule has 0 bridgehead atoms. The van der Waals surface area contributed by atoms with Crippen molar-refractivity contribution < 1.29 is 94.2 Å². The van der Waals surface area contributed by atoms with Gasteiger partial charge in [-0.1, -0.05) is 5.11 Å². The highest BCUT2D eigenvalue weighted by atomic mass is 16.8. The Morgan fingerprint density at radius 2 is 1.65 bits per heavy atom. The fourth-order valence-corrected chi connectivity index (χ4v) is 5.66. The van der Waals surface area contributed by atoms with E-state index in [-0.39, 0.29) is 19.6 Å². The van der Waals surface area contributed by atoms with Crippen LogP contribution in [0.4, 0.5) is 0 Å². The Labute approximate surface area is 277 Å². The number of carbonyl (C=O) groups is 2. The Bertz CT molecular complexity index is 1130. The summed E-state index contributed by atoms with van der Waals surface area (Å²) in [5.74, 6) is -6.14. The predicted octanol–water partition coefficient (Wildman–Crippen LogP) is -7.83. The maximum atomic E-state index is 12.5. The Morgan fingerprint density at radius 3 is 2.22 bits per heavy atom. The minimum atomic E-state index is -3.15. The lowest BCUT2D eigenvalue weighted by molar-refractivity contribution is -0.411. The molecule has 0 aromatic rings. The number of azide groups is 1. The number of aliphatic hydroxyl groups excluding tert-OH is 10. The summed E-state index contributed by atoms with van der Waals surface area (Å²) in [7, 11) is 0. The first-order chi connectivity index (χ1) is 23.2. The molecule has 0 spiro atoms. The van der Waals surface area contributed by atoms with Crippen LogP contribution in [0, 0.1) is 0 Å². The van der Waals surface area contributed by atoms with Crippen LogP contribution in [-0.4, -0.2) is 194 Å². The largest absolute Gasteiger partial charge is 0.544 e. The highest BCUT2D eigenvalue weighted by molar-refractivity contribution is 5.75. The molecule has 3 aliphatic rings. The van der Waals surface area contributed by atoms with Gasteiger partial charge in [0, 0.05) is 31.4 Å². The predicted molar refractivity (Wildman–Crippen MR) is 150 cm³/mol. The van der Waals surface area contributed by atoms with Gasteiger partial charge in [0.15, 0.2) is 12.6 Å². The molecule has 11 N–H and O–H groups in total. The molecule has 3 aliphatic heterocycles. The van der Waals surface area contributed by atoms with Gasteiger partial charge >= 0.3 is 0 Å². The van der Waals surface area contributed by atoms with Crippen LogP contribution in [0.1, 0.15) is 19.8 Å². The van der Waals surface area contributed by atoms with E-state index in [1.165, 1.54) is 0 Å². The number of nitrogens with one attached hydrogen (secondary N) is 1. The molecule has 0 aromatic carbocycles. The van der Waals surface area contributed by atoms with E-state index in [4.69, 9.17) is 34.0 Å². The summed E-state index contributed by atoms with van der Waals surface area (Å²) in [6, 6.07) is -1.58. The van der Waals surface area contributed by atoms with Crippen LogP contribution in [-0.2, 0) is 38.0 Å². The molecule has 3 fully saturated rings. The number of aliphatic hydroxyl groups is 10. The zero-order valence-electron chi connectivity index (χ0n) is 26.1. The van der Waals surface area contributed by atoms with Gasteiger partial charge in [-0.2, -0.15) is 0 Å². The third-order valence-corrected chi connectivity index (χ3v) is 8.18. The minimum absolute atomic E-state index is 0.0556. The molecule has 23 nitrogen and oxygen atoms in total. The summed E-state index contributed by atoms with van der Waals surface area (Å²) < 4.78 is 32.9. The quantitative estimate of drug-likeness (QED) is 0.0306. The zero-order valence-corrected chi connectivity index (χ0v) is 26.1. The summed E-state index contributed by atoms with van der Waals surface area (Å²) in [6.45, 7) is -1.92. The lowest BCUT2D eigenvalue weighted by Crippen LogP contribution is -2.72. The lowest BCUT2D eigenvalue weighted by atomic mass is 9.88. The van der Waals surface area contributed by atoms with E-state index in [0.29, 0.717) is 0 Å². The number of nitrogens with zero attached hydrogens (tertiary/aromatic N) is 3. The van der Waals surface area contributed by atoms with Gasteiger partial charge in [-0.25, -0.2) is 0 Å². The molecule has 3 heterocycles. The van der Waals surface area contributed by atoms with Gasteiger partial charge in [0.1, 0.15) is 73.1 Å². The Hall–Kier alpha value is -2.39. The number of carboxylic acid groups (broad SMARTS) is 1. The Balaban J connectivity index is 1.87. The van der Waals surface area contributed by atoms with Gasteiger partial charge in [0.25, 0.3) is 0 Å². The van der Waals surface area contributed by atoms with E-state index < -0.39 is 136 Å². The summed E-state index contributed by atoms with van der Waals surface area (Å²) in [5, 5.41) is 122. The highest BCUT2D eigenvalue weighted by Gasteiger charge is 2.57. The molecule has 16 atom stereocenters. The van der Waals surface area contributed by atoms with Crippen molar-refractivity contribution >= 4 is 11.9 Å². The number of aliphatic carboxylic acids is 1. The molecule has 0 radical (unpaired) electrons. The monoisotopic (exact) mass is 715 g/mol. The first-order valence-corrected chi connectivity index (χ1v) is 15.2. The van der Waals surface area contributed by atoms with Gasteiger partial charge in [0.2, 0.25) is 11.7 Å². The number of hydrogen-bond donors (Lipinski definition) is 11. The second kappa shape index (κ2) is 18.2. The second-order valence-corrected chi connectivity index (χ2v) is 11.6. The van der Waals surface area contributed by atoms with Gasteiger partial charge in [-0.15, -0.1) is 0 Å². The normalized spacial score (nSPS) is 40.9. The first kappa shape index (κ1) is 41.0. The molecule has 282 valence electrons. The molecule has 23 heteroatoms. The van der Waals surface area contributed by atoms with Crippen molar-refractivity contribution in [2.24, 2.45) is 5.11 Å². The van der Waals surface area contributed by atoms with Crippen LogP contribution in [0.25, 0.3) is 10.4 Å². The van der Waals surface area contributed by atoms with Gasteiger partial charge in [-0.05, 0) is 12.0 Å². The molecule has 0 saturated carbocycles. The topological polar surface area (TPSA) is 376 Å². The number of amides is 1. The zero-order chi connectivity index (χ0) is 36.6.